The van der Waals surface area contributed by atoms with Gasteiger partial charge >= 0.3 is 0 Å². The maximum absolute atomic E-state index is 5.54. The van der Waals surface area contributed by atoms with Gasteiger partial charge in [-0.2, -0.15) is 0 Å². The summed E-state index contributed by atoms with van der Waals surface area (Å²) in [6.07, 6.45) is 2.28. The van der Waals surface area contributed by atoms with E-state index < -0.39 is 0 Å². The first-order valence-electron chi connectivity index (χ1n) is 7.01. The smallest absolute Gasteiger partial charge is 0.139 e. The van der Waals surface area contributed by atoms with Gasteiger partial charge in [0.2, 0.25) is 0 Å². The van der Waals surface area contributed by atoms with Crippen molar-refractivity contribution >= 4 is 11.3 Å². The Kier molecular flexibility index (Phi) is 4.40. The Hall–Kier alpha value is -1.30. The first-order chi connectivity index (χ1) is 9.88. The predicted octanol–water partition coefficient (Wildman–Crippen LogP) is 2.74. The molecule has 1 saturated heterocycles. The van der Waals surface area contributed by atoms with Gasteiger partial charge in [0.1, 0.15) is 10.0 Å². The first-order valence-corrected chi connectivity index (χ1v) is 7.83. The van der Waals surface area contributed by atoms with E-state index in [2.05, 4.69) is 39.8 Å². The van der Waals surface area contributed by atoms with Crippen molar-refractivity contribution < 1.29 is 4.74 Å². The van der Waals surface area contributed by atoms with Crippen LogP contribution in [-0.2, 0) is 4.74 Å². The van der Waals surface area contributed by atoms with Gasteiger partial charge in [0.15, 0.2) is 0 Å². The molecule has 1 aromatic heterocycles. The van der Waals surface area contributed by atoms with Gasteiger partial charge in [-0.05, 0) is 25.5 Å². The Morgan fingerprint density at radius 2 is 2.15 bits per heavy atom. The quantitative estimate of drug-likeness (QED) is 0.940. The molecule has 0 amide bonds. The summed E-state index contributed by atoms with van der Waals surface area (Å²) in [5.74, 6) is 0.420. The molecule has 1 aliphatic rings. The predicted molar refractivity (Wildman–Crippen MR) is 80.0 cm³/mol. The summed E-state index contributed by atoms with van der Waals surface area (Å²) in [6, 6.07) is 10.5. The first kappa shape index (κ1) is 13.7. The minimum Gasteiger partial charge on any atom is -0.381 e. The lowest BCUT2D eigenvalue weighted by Crippen LogP contribution is -2.17. The number of benzene rings is 1. The highest BCUT2D eigenvalue weighted by molar-refractivity contribution is 7.11. The van der Waals surface area contributed by atoms with Crippen molar-refractivity contribution in [2.45, 2.75) is 24.8 Å². The minimum absolute atomic E-state index is 0.118. The van der Waals surface area contributed by atoms with Gasteiger partial charge in [0.25, 0.3) is 0 Å². The Morgan fingerprint density at radius 3 is 2.85 bits per heavy atom. The number of nitrogens with zero attached hydrogens (tertiary/aromatic N) is 2. The third kappa shape index (κ3) is 2.90. The molecule has 2 unspecified atom stereocenters. The molecule has 0 bridgehead atoms. The zero-order chi connectivity index (χ0) is 13.8. The van der Waals surface area contributed by atoms with Crippen LogP contribution >= 0.6 is 11.3 Å². The normalized spacial score (nSPS) is 20.8. The lowest BCUT2D eigenvalue weighted by molar-refractivity contribution is 0.0802. The molecule has 1 N–H and O–H groups in total. The molecule has 106 valence electrons. The molecular weight excluding hydrogens is 270 g/mol. The second-order valence-corrected chi connectivity index (χ2v) is 6.07. The van der Waals surface area contributed by atoms with Crippen LogP contribution in [0.1, 0.15) is 40.4 Å². The van der Waals surface area contributed by atoms with Crippen LogP contribution in [-0.4, -0.2) is 30.5 Å². The third-order valence-corrected chi connectivity index (χ3v) is 4.78. The highest BCUT2D eigenvalue weighted by atomic mass is 32.1. The SMILES string of the molecule is CNC(c1ccccc1)c1nnc(C2CCCOC2)s1. The zero-order valence-corrected chi connectivity index (χ0v) is 12.4. The van der Waals surface area contributed by atoms with Crippen LogP contribution in [0.4, 0.5) is 0 Å². The van der Waals surface area contributed by atoms with E-state index in [1.54, 1.807) is 11.3 Å². The van der Waals surface area contributed by atoms with E-state index in [9.17, 15) is 0 Å². The van der Waals surface area contributed by atoms with Crippen LogP contribution in [0.5, 0.6) is 0 Å². The molecule has 0 aliphatic carbocycles. The second-order valence-electron chi connectivity index (χ2n) is 5.02. The maximum atomic E-state index is 5.54. The minimum atomic E-state index is 0.118. The molecule has 20 heavy (non-hydrogen) atoms. The number of nitrogens with one attached hydrogen (secondary N) is 1. The van der Waals surface area contributed by atoms with Gasteiger partial charge in [-0.3, -0.25) is 0 Å². The molecule has 4 nitrogen and oxygen atoms in total. The molecule has 2 aromatic rings. The van der Waals surface area contributed by atoms with Gasteiger partial charge in [0, 0.05) is 12.5 Å². The van der Waals surface area contributed by atoms with Crippen molar-refractivity contribution in [2.75, 3.05) is 20.3 Å². The maximum Gasteiger partial charge on any atom is 0.139 e. The van der Waals surface area contributed by atoms with Crippen molar-refractivity contribution in [1.29, 1.82) is 0 Å². The molecule has 1 aromatic carbocycles. The Balaban J connectivity index is 1.81. The molecule has 0 saturated carbocycles. The molecule has 0 radical (unpaired) electrons. The van der Waals surface area contributed by atoms with Crippen LogP contribution in [0.25, 0.3) is 0 Å². The average Bonchev–Trinajstić information content (AvgIpc) is 3.00. The monoisotopic (exact) mass is 289 g/mol. The average molecular weight is 289 g/mol. The number of ether oxygens (including phenoxy) is 1. The summed E-state index contributed by atoms with van der Waals surface area (Å²) in [6.45, 7) is 1.66. The molecule has 1 aliphatic heterocycles. The van der Waals surface area contributed by atoms with Crippen molar-refractivity contribution in [3.8, 4) is 0 Å². The Labute approximate surface area is 123 Å². The molecule has 3 rings (SSSR count). The molecule has 5 heteroatoms. The van der Waals surface area contributed by atoms with Crippen LogP contribution in [0.2, 0.25) is 0 Å². The van der Waals surface area contributed by atoms with Crippen LogP contribution < -0.4 is 5.32 Å². The van der Waals surface area contributed by atoms with Crippen molar-refractivity contribution in [3.63, 3.8) is 0 Å². The summed E-state index contributed by atoms with van der Waals surface area (Å²) < 4.78 is 5.54. The Morgan fingerprint density at radius 1 is 1.30 bits per heavy atom. The zero-order valence-electron chi connectivity index (χ0n) is 11.6. The van der Waals surface area contributed by atoms with Crippen LogP contribution in [0.3, 0.4) is 0 Å². The van der Waals surface area contributed by atoms with Crippen molar-refractivity contribution in [2.24, 2.45) is 0 Å². The number of aromatic nitrogens is 2. The Bertz CT molecular complexity index is 537. The molecule has 1 fully saturated rings. The summed E-state index contributed by atoms with van der Waals surface area (Å²) in [4.78, 5) is 0. The lowest BCUT2D eigenvalue weighted by Gasteiger charge is -2.19. The van der Waals surface area contributed by atoms with Crippen LogP contribution in [0, 0.1) is 0 Å². The summed E-state index contributed by atoms with van der Waals surface area (Å²) >= 11 is 1.70. The number of hydrogen-bond donors (Lipinski definition) is 1. The van der Waals surface area contributed by atoms with Crippen molar-refractivity contribution in [3.05, 3.63) is 45.9 Å². The van der Waals surface area contributed by atoms with Gasteiger partial charge in [-0.25, -0.2) is 0 Å². The van der Waals surface area contributed by atoms with E-state index in [-0.39, 0.29) is 6.04 Å². The molecule has 2 atom stereocenters. The van der Waals surface area contributed by atoms with Gasteiger partial charge < -0.3 is 10.1 Å². The van der Waals surface area contributed by atoms with Crippen LogP contribution in [0.15, 0.2) is 30.3 Å². The third-order valence-electron chi connectivity index (χ3n) is 3.63. The number of rotatable bonds is 4. The van der Waals surface area contributed by atoms with E-state index >= 15 is 0 Å². The van der Waals surface area contributed by atoms with Gasteiger partial charge in [-0.15, -0.1) is 10.2 Å². The highest BCUT2D eigenvalue weighted by Gasteiger charge is 2.23. The highest BCUT2D eigenvalue weighted by Crippen LogP contribution is 2.31. The standard InChI is InChI=1S/C15H19N3OS/c1-16-13(11-6-3-2-4-7-11)15-18-17-14(20-15)12-8-5-9-19-10-12/h2-4,6-7,12-13,16H,5,8-10H2,1H3. The van der Waals surface area contributed by atoms with E-state index in [1.807, 2.05) is 13.1 Å². The van der Waals surface area contributed by atoms with Crippen molar-refractivity contribution in [1.82, 2.24) is 15.5 Å². The summed E-state index contributed by atoms with van der Waals surface area (Å²) in [5.41, 5.74) is 1.22. The lowest BCUT2D eigenvalue weighted by atomic mass is 10.0. The molecule has 0 spiro atoms. The molecular formula is C15H19N3OS. The largest absolute Gasteiger partial charge is 0.381 e. The fourth-order valence-corrected chi connectivity index (χ4v) is 3.64. The summed E-state index contributed by atoms with van der Waals surface area (Å²) in [7, 11) is 1.96. The topological polar surface area (TPSA) is 47.0 Å². The van der Waals surface area contributed by atoms with E-state index in [1.165, 1.54) is 5.56 Å². The van der Waals surface area contributed by atoms with E-state index in [4.69, 9.17) is 4.74 Å². The molecule has 2 heterocycles. The van der Waals surface area contributed by atoms with E-state index in [0.717, 1.165) is 36.1 Å². The number of hydrogen-bond acceptors (Lipinski definition) is 5. The summed E-state index contributed by atoms with van der Waals surface area (Å²) in [5, 5.41) is 14.2. The fourth-order valence-electron chi connectivity index (χ4n) is 2.54. The van der Waals surface area contributed by atoms with Gasteiger partial charge in [-0.1, -0.05) is 41.7 Å². The fraction of sp³-hybridized carbons (Fsp3) is 0.467. The van der Waals surface area contributed by atoms with Gasteiger partial charge in [0.05, 0.1) is 12.6 Å². The van der Waals surface area contributed by atoms with E-state index in [0.29, 0.717) is 5.92 Å². The second kappa shape index (κ2) is 6.43.